The molecule has 0 aliphatic heterocycles. The predicted octanol–water partition coefficient (Wildman–Crippen LogP) is 3.95. The van der Waals surface area contributed by atoms with E-state index in [0.29, 0.717) is 18.2 Å². The zero-order valence-electron chi connectivity index (χ0n) is 12.2. The van der Waals surface area contributed by atoms with E-state index >= 15 is 0 Å². The minimum atomic E-state index is -0.487. The number of hydrogen-bond donors (Lipinski definition) is 1. The van der Waals surface area contributed by atoms with Crippen molar-refractivity contribution in [2.24, 2.45) is 0 Å². The summed E-state index contributed by atoms with van der Waals surface area (Å²) in [5.74, 6) is 0.257. The topological polar surface area (TPSA) is 47.0 Å². The van der Waals surface area contributed by atoms with Crippen LogP contribution < -0.4 is 10.1 Å². The van der Waals surface area contributed by atoms with E-state index in [4.69, 9.17) is 16.3 Å². The minimum absolute atomic E-state index is 0.00598. The highest BCUT2D eigenvalue weighted by Crippen LogP contribution is 2.24. The van der Waals surface area contributed by atoms with E-state index in [1.54, 1.807) is 6.20 Å². The lowest BCUT2D eigenvalue weighted by Gasteiger charge is -2.19. The second-order valence-corrected chi connectivity index (χ2v) is 6.03. The number of nitrogens with zero attached hydrogens (tertiary/aromatic N) is 2. The first-order valence-corrected chi connectivity index (χ1v) is 6.90. The van der Waals surface area contributed by atoms with Gasteiger partial charge in [-0.05, 0) is 32.9 Å². The average Bonchev–Trinajstić information content (AvgIpc) is 2.41. The number of benzene rings is 1. The molecule has 21 heavy (non-hydrogen) atoms. The van der Waals surface area contributed by atoms with Crippen LogP contribution in [0.3, 0.4) is 0 Å². The summed E-state index contributed by atoms with van der Waals surface area (Å²) >= 11 is 5.69. The number of aromatic nitrogens is 2. The van der Waals surface area contributed by atoms with Crippen molar-refractivity contribution >= 4 is 11.6 Å². The summed E-state index contributed by atoms with van der Waals surface area (Å²) in [5, 5.41) is 3.32. The van der Waals surface area contributed by atoms with Crippen LogP contribution in [0.2, 0.25) is 5.02 Å². The van der Waals surface area contributed by atoms with Gasteiger partial charge in [-0.1, -0.05) is 11.6 Å². The SMILES string of the molecule is CC(C)(C)NCc1cnc(Oc2ccc(F)c(Cl)c2)cn1. The molecule has 1 aromatic heterocycles. The van der Waals surface area contributed by atoms with Crippen LogP contribution in [0.25, 0.3) is 0 Å². The van der Waals surface area contributed by atoms with Crippen molar-refractivity contribution in [3.8, 4) is 11.6 Å². The van der Waals surface area contributed by atoms with Crippen molar-refractivity contribution in [1.29, 1.82) is 0 Å². The standard InChI is InChI=1S/C15H17ClFN3O/c1-15(2,3)20-8-10-7-19-14(9-18-10)21-11-4-5-13(17)12(16)6-11/h4-7,9,20H,8H2,1-3H3. The average molecular weight is 310 g/mol. The molecule has 0 spiro atoms. The van der Waals surface area contributed by atoms with E-state index in [1.165, 1.54) is 24.4 Å². The van der Waals surface area contributed by atoms with Gasteiger partial charge in [-0.2, -0.15) is 0 Å². The third-order valence-electron chi connectivity index (χ3n) is 2.59. The molecule has 2 rings (SSSR count). The van der Waals surface area contributed by atoms with Crippen molar-refractivity contribution < 1.29 is 9.13 Å². The summed E-state index contributed by atoms with van der Waals surface area (Å²) < 4.78 is 18.5. The summed E-state index contributed by atoms with van der Waals surface area (Å²) in [6.07, 6.45) is 3.16. The third kappa shape index (κ3) is 4.95. The molecular formula is C15H17ClFN3O. The maximum absolute atomic E-state index is 13.0. The Morgan fingerprint density at radius 1 is 1.24 bits per heavy atom. The molecule has 1 N–H and O–H groups in total. The van der Waals surface area contributed by atoms with Gasteiger partial charge in [0, 0.05) is 18.2 Å². The predicted molar refractivity (Wildman–Crippen MR) is 80.1 cm³/mol. The van der Waals surface area contributed by atoms with Crippen LogP contribution >= 0.6 is 11.6 Å². The minimum Gasteiger partial charge on any atom is -0.437 e. The molecule has 0 aliphatic rings. The molecule has 0 saturated carbocycles. The van der Waals surface area contributed by atoms with Crippen LogP contribution in [-0.2, 0) is 6.54 Å². The fourth-order valence-corrected chi connectivity index (χ4v) is 1.67. The third-order valence-corrected chi connectivity index (χ3v) is 2.88. The van der Waals surface area contributed by atoms with E-state index in [-0.39, 0.29) is 10.6 Å². The molecule has 0 saturated heterocycles. The van der Waals surface area contributed by atoms with Crippen LogP contribution in [-0.4, -0.2) is 15.5 Å². The summed E-state index contributed by atoms with van der Waals surface area (Å²) in [6.45, 7) is 6.86. The van der Waals surface area contributed by atoms with Gasteiger partial charge in [0.05, 0.1) is 23.1 Å². The van der Waals surface area contributed by atoms with Crippen molar-refractivity contribution in [2.45, 2.75) is 32.9 Å². The highest BCUT2D eigenvalue weighted by molar-refractivity contribution is 6.30. The zero-order chi connectivity index (χ0) is 15.5. The Kier molecular flexibility index (Phi) is 4.75. The highest BCUT2D eigenvalue weighted by atomic mass is 35.5. The summed E-state index contributed by atoms with van der Waals surface area (Å²) in [4.78, 5) is 8.43. The molecule has 0 radical (unpaired) electrons. The number of halogens is 2. The van der Waals surface area contributed by atoms with Crippen LogP contribution in [0.1, 0.15) is 26.5 Å². The second-order valence-electron chi connectivity index (χ2n) is 5.63. The van der Waals surface area contributed by atoms with E-state index in [0.717, 1.165) is 5.69 Å². The van der Waals surface area contributed by atoms with Crippen molar-refractivity contribution in [2.75, 3.05) is 0 Å². The lowest BCUT2D eigenvalue weighted by molar-refractivity contribution is 0.418. The van der Waals surface area contributed by atoms with Gasteiger partial charge < -0.3 is 10.1 Å². The molecule has 6 heteroatoms. The van der Waals surface area contributed by atoms with Crippen molar-refractivity contribution in [1.82, 2.24) is 15.3 Å². The lowest BCUT2D eigenvalue weighted by atomic mass is 10.1. The number of rotatable bonds is 4. The maximum atomic E-state index is 13.0. The first kappa shape index (κ1) is 15.7. The highest BCUT2D eigenvalue weighted by Gasteiger charge is 2.09. The van der Waals surface area contributed by atoms with Crippen molar-refractivity contribution in [3.63, 3.8) is 0 Å². The second kappa shape index (κ2) is 6.37. The van der Waals surface area contributed by atoms with E-state index < -0.39 is 5.82 Å². The monoisotopic (exact) mass is 309 g/mol. The Morgan fingerprint density at radius 2 is 2.00 bits per heavy atom. The molecular weight excluding hydrogens is 293 g/mol. The van der Waals surface area contributed by atoms with Gasteiger partial charge in [0.1, 0.15) is 11.6 Å². The molecule has 0 atom stereocenters. The molecule has 0 bridgehead atoms. The zero-order valence-corrected chi connectivity index (χ0v) is 12.9. The number of ether oxygens (including phenoxy) is 1. The molecule has 0 amide bonds. The smallest absolute Gasteiger partial charge is 0.237 e. The normalized spacial score (nSPS) is 11.5. The largest absolute Gasteiger partial charge is 0.437 e. The summed E-state index contributed by atoms with van der Waals surface area (Å²) in [6, 6.07) is 4.12. The summed E-state index contributed by atoms with van der Waals surface area (Å²) in [7, 11) is 0. The molecule has 112 valence electrons. The van der Waals surface area contributed by atoms with Gasteiger partial charge in [-0.15, -0.1) is 0 Å². The van der Waals surface area contributed by atoms with E-state index in [2.05, 4.69) is 36.1 Å². The number of nitrogens with one attached hydrogen (secondary N) is 1. The lowest BCUT2D eigenvalue weighted by Crippen LogP contribution is -2.35. The van der Waals surface area contributed by atoms with Gasteiger partial charge >= 0.3 is 0 Å². The Hall–Kier alpha value is -1.72. The molecule has 1 heterocycles. The summed E-state index contributed by atoms with van der Waals surface area (Å²) in [5.41, 5.74) is 0.830. The fourth-order valence-electron chi connectivity index (χ4n) is 1.50. The number of hydrogen-bond acceptors (Lipinski definition) is 4. The molecule has 2 aromatic rings. The van der Waals surface area contributed by atoms with Crippen LogP contribution in [0.4, 0.5) is 4.39 Å². The van der Waals surface area contributed by atoms with Gasteiger partial charge in [0.15, 0.2) is 0 Å². The molecule has 0 aliphatic carbocycles. The Bertz CT molecular complexity index is 611. The van der Waals surface area contributed by atoms with Crippen LogP contribution in [0.5, 0.6) is 11.6 Å². The van der Waals surface area contributed by atoms with Gasteiger partial charge in [0.25, 0.3) is 0 Å². The molecule has 1 aromatic carbocycles. The van der Waals surface area contributed by atoms with E-state index in [9.17, 15) is 4.39 Å². The first-order valence-electron chi connectivity index (χ1n) is 6.52. The van der Waals surface area contributed by atoms with Crippen LogP contribution in [0, 0.1) is 5.82 Å². The Labute approximate surface area is 128 Å². The maximum Gasteiger partial charge on any atom is 0.237 e. The quantitative estimate of drug-likeness (QED) is 0.929. The fraction of sp³-hybridized carbons (Fsp3) is 0.333. The Balaban J connectivity index is 2.00. The molecule has 0 unspecified atom stereocenters. The van der Waals surface area contributed by atoms with E-state index in [1.807, 2.05) is 0 Å². The first-order chi connectivity index (χ1) is 9.83. The molecule has 4 nitrogen and oxygen atoms in total. The van der Waals surface area contributed by atoms with Gasteiger partial charge in [0.2, 0.25) is 5.88 Å². The van der Waals surface area contributed by atoms with Gasteiger partial charge in [-0.25, -0.2) is 9.37 Å². The Morgan fingerprint density at radius 3 is 2.57 bits per heavy atom. The van der Waals surface area contributed by atoms with Crippen molar-refractivity contribution in [3.05, 3.63) is 47.1 Å². The van der Waals surface area contributed by atoms with Gasteiger partial charge in [-0.3, -0.25) is 4.98 Å². The van der Waals surface area contributed by atoms with Crippen LogP contribution in [0.15, 0.2) is 30.6 Å². The molecule has 0 fully saturated rings.